The molecular weight excluding hydrogens is 210 g/mol. The second kappa shape index (κ2) is 4.19. The highest BCUT2D eigenvalue weighted by Crippen LogP contribution is 2.44. The smallest absolute Gasteiger partial charge is 0.119 e. The fraction of sp³-hybridized carbons (Fsp3) is 0.467. The molecule has 0 spiro atoms. The Balaban J connectivity index is 2.02. The molecule has 1 heterocycles. The lowest BCUT2D eigenvalue weighted by Crippen LogP contribution is -2.36. The third kappa shape index (κ3) is 1.67. The Hall–Kier alpha value is -1.28. The number of methoxy groups -OCH3 is 1. The molecule has 2 atom stereocenters. The predicted molar refractivity (Wildman–Crippen MR) is 69.4 cm³/mol. The molecule has 1 aliphatic heterocycles. The third-order valence-electron chi connectivity index (χ3n) is 4.33. The van der Waals surface area contributed by atoms with Crippen molar-refractivity contribution in [1.82, 2.24) is 5.32 Å². The average molecular weight is 229 g/mol. The van der Waals surface area contributed by atoms with Crippen LogP contribution < -0.4 is 10.1 Å². The monoisotopic (exact) mass is 229 g/mol. The Labute approximate surface area is 103 Å². The maximum Gasteiger partial charge on any atom is 0.119 e. The van der Waals surface area contributed by atoms with Gasteiger partial charge in [-0.25, -0.2) is 0 Å². The summed E-state index contributed by atoms with van der Waals surface area (Å²) < 4.78 is 5.35. The summed E-state index contributed by atoms with van der Waals surface area (Å²) in [4.78, 5) is 0. The summed E-state index contributed by atoms with van der Waals surface area (Å²) >= 11 is 0. The molecule has 1 N–H and O–H groups in total. The van der Waals surface area contributed by atoms with Crippen molar-refractivity contribution >= 4 is 0 Å². The number of benzene rings is 1. The molecule has 1 aromatic rings. The molecule has 1 fully saturated rings. The number of nitrogens with one attached hydrogen (secondary N) is 1. The van der Waals surface area contributed by atoms with Gasteiger partial charge in [0, 0.05) is 12.0 Å². The van der Waals surface area contributed by atoms with Gasteiger partial charge in [-0.05, 0) is 43.0 Å². The van der Waals surface area contributed by atoms with Gasteiger partial charge in [-0.2, -0.15) is 0 Å². The molecule has 2 aliphatic rings. The van der Waals surface area contributed by atoms with Crippen LogP contribution in [0.3, 0.4) is 0 Å². The maximum atomic E-state index is 5.35. The molecule has 0 amide bonds. The van der Waals surface area contributed by atoms with E-state index in [-0.39, 0.29) is 0 Å². The van der Waals surface area contributed by atoms with Gasteiger partial charge >= 0.3 is 0 Å². The zero-order valence-corrected chi connectivity index (χ0v) is 10.3. The van der Waals surface area contributed by atoms with Gasteiger partial charge in [0.25, 0.3) is 0 Å². The summed E-state index contributed by atoms with van der Waals surface area (Å²) in [5.41, 5.74) is 1.72. The number of fused-ring (bicyclic) bond motifs is 1. The Morgan fingerprint density at radius 2 is 2.29 bits per heavy atom. The Kier molecular flexibility index (Phi) is 2.67. The summed E-state index contributed by atoms with van der Waals surface area (Å²) in [6.07, 6.45) is 7.01. The van der Waals surface area contributed by atoms with E-state index in [9.17, 15) is 0 Å². The van der Waals surface area contributed by atoms with Crippen LogP contribution in [-0.2, 0) is 5.41 Å². The predicted octanol–water partition coefficient (Wildman–Crippen LogP) is 2.50. The quantitative estimate of drug-likeness (QED) is 0.787. The Morgan fingerprint density at radius 1 is 1.35 bits per heavy atom. The molecule has 2 heteroatoms. The van der Waals surface area contributed by atoms with E-state index in [0.29, 0.717) is 5.41 Å². The fourth-order valence-corrected chi connectivity index (χ4v) is 3.30. The third-order valence-corrected chi connectivity index (χ3v) is 4.33. The minimum Gasteiger partial charge on any atom is -0.497 e. The first kappa shape index (κ1) is 10.8. The van der Waals surface area contributed by atoms with Gasteiger partial charge in [0.05, 0.1) is 7.11 Å². The molecule has 1 aromatic carbocycles. The highest BCUT2D eigenvalue weighted by Gasteiger charge is 2.44. The second-order valence-electron chi connectivity index (χ2n) is 5.13. The lowest BCUT2D eigenvalue weighted by Gasteiger charge is -2.36. The van der Waals surface area contributed by atoms with Crippen molar-refractivity contribution in [2.45, 2.75) is 18.3 Å². The lowest BCUT2D eigenvalue weighted by atomic mass is 9.67. The molecular formula is C15H19NO. The summed E-state index contributed by atoms with van der Waals surface area (Å²) in [6.45, 7) is 2.23. The summed E-state index contributed by atoms with van der Waals surface area (Å²) in [6, 6.07) is 8.59. The minimum atomic E-state index is 0.295. The zero-order chi connectivity index (χ0) is 11.7. The van der Waals surface area contributed by atoms with Crippen LogP contribution in [0, 0.1) is 5.92 Å². The van der Waals surface area contributed by atoms with Gasteiger partial charge < -0.3 is 10.1 Å². The Bertz CT molecular complexity index is 440. The normalized spacial score (nSPS) is 31.2. The number of hydrogen-bond donors (Lipinski definition) is 1. The molecule has 0 radical (unpaired) electrons. The molecule has 17 heavy (non-hydrogen) atoms. The van der Waals surface area contributed by atoms with Gasteiger partial charge in [0.2, 0.25) is 0 Å². The van der Waals surface area contributed by atoms with E-state index in [4.69, 9.17) is 4.74 Å². The molecule has 2 unspecified atom stereocenters. The van der Waals surface area contributed by atoms with Crippen molar-refractivity contribution in [2.75, 3.05) is 20.2 Å². The van der Waals surface area contributed by atoms with Crippen molar-refractivity contribution in [3.8, 4) is 5.75 Å². The van der Waals surface area contributed by atoms with E-state index in [2.05, 4.69) is 35.7 Å². The highest BCUT2D eigenvalue weighted by molar-refractivity contribution is 5.37. The molecule has 1 aliphatic carbocycles. The topological polar surface area (TPSA) is 21.3 Å². The van der Waals surface area contributed by atoms with E-state index < -0.39 is 0 Å². The van der Waals surface area contributed by atoms with Crippen molar-refractivity contribution in [3.05, 3.63) is 42.0 Å². The van der Waals surface area contributed by atoms with Gasteiger partial charge in [-0.3, -0.25) is 0 Å². The van der Waals surface area contributed by atoms with Crippen molar-refractivity contribution in [2.24, 2.45) is 5.92 Å². The van der Waals surface area contributed by atoms with Crippen LogP contribution in [0.1, 0.15) is 18.4 Å². The fourth-order valence-electron chi connectivity index (χ4n) is 3.30. The highest BCUT2D eigenvalue weighted by atomic mass is 16.5. The van der Waals surface area contributed by atoms with Gasteiger partial charge in [0.15, 0.2) is 0 Å². The van der Waals surface area contributed by atoms with E-state index in [1.54, 1.807) is 7.11 Å². The van der Waals surface area contributed by atoms with Crippen LogP contribution in [0.5, 0.6) is 5.75 Å². The van der Waals surface area contributed by atoms with E-state index in [0.717, 1.165) is 31.2 Å². The first-order valence-corrected chi connectivity index (χ1v) is 6.35. The second-order valence-corrected chi connectivity index (χ2v) is 5.13. The number of allylic oxidation sites excluding steroid dienone is 2. The minimum absolute atomic E-state index is 0.295. The first-order valence-electron chi connectivity index (χ1n) is 6.35. The molecule has 0 saturated carbocycles. The standard InChI is InChI=1S/C15H19NO/c1-17-14-7-4-6-12(9-14)15-8-3-2-5-13(15)10-16-11-15/h2-4,6-7,9,13,16H,5,8,10-11H2,1H3. The van der Waals surface area contributed by atoms with E-state index >= 15 is 0 Å². The summed E-state index contributed by atoms with van der Waals surface area (Å²) in [5.74, 6) is 1.71. The van der Waals surface area contributed by atoms with Crippen LogP contribution in [-0.4, -0.2) is 20.2 Å². The molecule has 1 saturated heterocycles. The van der Waals surface area contributed by atoms with Crippen molar-refractivity contribution < 1.29 is 4.74 Å². The number of ether oxygens (including phenoxy) is 1. The van der Waals surface area contributed by atoms with Gasteiger partial charge in [-0.1, -0.05) is 24.3 Å². The van der Waals surface area contributed by atoms with Crippen LogP contribution in [0.4, 0.5) is 0 Å². The summed E-state index contributed by atoms with van der Waals surface area (Å²) in [5, 5.41) is 3.56. The molecule has 0 bridgehead atoms. The van der Waals surface area contributed by atoms with Gasteiger partial charge in [0.1, 0.15) is 5.75 Å². The van der Waals surface area contributed by atoms with Crippen molar-refractivity contribution in [1.29, 1.82) is 0 Å². The molecule has 0 aromatic heterocycles. The van der Waals surface area contributed by atoms with Crippen LogP contribution in [0.15, 0.2) is 36.4 Å². The van der Waals surface area contributed by atoms with E-state index in [1.165, 1.54) is 12.0 Å². The molecule has 90 valence electrons. The van der Waals surface area contributed by atoms with Crippen LogP contribution >= 0.6 is 0 Å². The lowest BCUT2D eigenvalue weighted by molar-refractivity contribution is 0.331. The van der Waals surface area contributed by atoms with Gasteiger partial charge in [-0.15, -0.1) is 0 Å². The SMILES string of the molecule is COc1cccc(C23CC=CCC2CNC3)c1. The maximum absolute atomic E-state index is 5.35. The number of hydrogen-bond acceptors (Lipinski definition) is 2. The van der Waals surface area contributed by atoms with Crippen LogP contribution in [0.25, 0.3) is 0 Å². The zero-order valence-electron chi connectivity index (χ0n) is 10.3. The van der Waals surface area contributed by atoms with Crippen LogP contribution in [0.2, 0.25) is 0 Å². The Morgan fingerprint density at radius 3 is 3.18 bits per heavy atom. The number of rotatable bonds is 2. The summed E-state index contributed by atoms with van der Waals surface area (Å²) in [7, 11) is 1.74. The average Bonchev–Trinajstić information content (AvgIpc) is 2.84. The van der Waals surface area contributed by atoms with E-state index in [1.807, 2.05) is 6.07 Å². The first-order chi connectivity index (χ1) is 8.35. The molecule has 2 nitrogen and oxygen atoms in total. The molecule has 3 rings (SSSR count). The van der Waals surface area contributed by atoms with Crippen molar-refractivity contribution in [3.63, 3.8) is 0 Å². The largest absolute Gasteiger partial charge is 0.497 e.